The Morgan fingerprint density at radius 3 is 2.21 bits per heavy atom. The second-order valence-electron chi connectivity index (χ2n) is 6.37. The van der Waals surface area contributed by atoms with Gasteiger partial charge in [0, 0.05) is 18.3 Å². The summed E-state index contributed by atoms with van der Waals surface area (Å²) in [5.41, 5.74) is 0.964. The van der Waals surface area contributed by atoms with E-state index in [-0.39, 0.29) is 5.91 Å². The fourth-order valence-electron chi connectivity index (χ4n) is 3.13. The molecule has 4 aromatic rings. The minimum absolute atomic E-state index is 0.235. The Bertz CT molecular complexity index is 1280. The average molecular weight is 371 g/mol. The Hall–Kier alpha value is -3.93. The van der Waals surface area contributed by atoms with Gasteiger partial charge >= 0.3 is 5.69 Å². The number of amides is 1. The first kappa shape index (κ1) is 17.5. The van der Waals surface area contributed by atoms with Crippen LogP contribution in [-0.4, -0.2) is 22.5 Å². The average Bonchev–Trinajstić information content (AvgIpc) is 2.73. The summed E-state index contributed by atoms with van der Waals surface area (Å²) in [6, 6.07) is 22.6. The molecule has 6 heteroatoms. The molecule has 0 unspecified atom stereocenters. The van der Waals surface area contributed by atoms with Crippen LogP contribution in [0.15, 0.2) is 88.5 Å². The molecule has 0 radical (unpaired) electrons. The Morgan fingerprint density at radius 1 is 0.893 bits per heavy atom. The van der Waals surface area contributed by atoms with Crippen LogP contribution in [-0.2, 0) is 0 Å². The van der Waals surface area contributed by atoms with E-state index in [1.54, 1.807) is 43.4 Å². The predicted octanol–water partition coefficient (Wildman–Crippen LogP) is 2.96. The van der Waals surface area contributed by atoms with Crippen LogP contribution in [0.4, 0.5) is 5.69 Å². The van der Waals surface area contributed by atoms with Gasteiger partial charge in [-0.15, -0.1) is 0 Å². The number of carbonyl (C=O) groups excluding carboxylic acids is 1. The number of aromatic amines is 1. The summed E-state index contributed by atoms with van der Waals surface area (Å²) in [6.45, 7) is 0. The van der Waals surface area contributed by atoms with E-state index in [4.69, 9.17) is 0 Å². The number of aromatic nitrogens is 2. The first-order valence-corrected chi connectivity index (χ1v) is 8.74. The highest BCUT2D eigenvalue weighted by Crippen LogP contribution is 2.17. The number of nitrogens with zero attached hydrogens (tertiary/aromatic N) is 2. The van der Waals surface area contributed by atoms with Crippen LogP contribution in [0.2, 0.25) is 0 Å². The first-order chi connectivity index (χ1) is 13.6. The molecular formula is C22H17N3O3. The lowest BCUT2D eigenvalue weighted by atomic mass is 10.1. The Labute approximate surface area is 160 Å². The molecular weight excluding hydrogens is 354 g/mol. The van der Waals surface area contributed by atoms with Crippen molar-refractivity contribution in [3.63, 3.8) is 0 Å². The van der Waals surface area contributed by atoms with Crippen LogP contribution in [0.25, 0.3) is 16.6 Å². The van der Waals surface area contributed by atoms with Crippen LogP contribution < -0.4 is 16.1 Å². The summed E-state index contributed by atoms with van der Waals surface area (Å²) in [7, 11) is 1.68. The molecule has 1 N–H and O–H groups in total. The summed E-state index contributed by atoms with van der Waals surface area (Å²) in [5, 5.41) is 0.336. The van der Waals surface area contributed by atoms with E-state index < -0.39 is 11.2 Å². The van der Waals surface area contributed by atoms with E-state index in [2.05, 4.69) is 4.98 Å². The van der Waals surface area contributed by atoms with Crippen LogP contribution in [0.5, 0.6) is 0 Å². The molecule has 0 bridgehead atoms. The second-order valence-corrected chi connectivity index (χ2v) is 6.37. The molecule has 0 saturated carbocycles. The number of fused-ring (bicyclic) bond motifs is 1. The van der Waals surface area contributed by atoms with Gasteiger partial charge in [0.1, 0.15) is 0 Å². The molecule has 1 heterocycles. The van der Waals surface area contributed by atoms with Crippen molar-refractivity contribution in [3.8, 4) is 5.69 Å². The normalized spacial score (nSPS) is 10.8. The molecule has 0 atom stereocenters. The van der Waals surface area contributed by atoms with Crippen molar-refractivity contribution in [2.24, 2.45) is 0 Å². The minimum atomic E-state index is -0.551. The maximum atomic E-state index is 12.8. The SMILES string of the molecule is CN(C(=O)c1ccc2c(=O)n(-c3ccccc3)c(=O)[nH]c2c1)c1ccccc1. The highest BCUT2D eigenvalue weighted by atomic mass is 16.2. The molecule has 0 fully saturated rings. The van der Waals surface area contributed by atoms with Gasteiger partial charge in [-0.3, -0.25) is 9.59 Å². The number of benzene rings is 3. The lowest BCUT2D eigenvalue weighted by Crippen LogP contribution is -2.33. The zero-order valence-corrected chi connectivity index (χ0v) is 15.1. The number of hydrogen-bond donors (Lipinski definition) is 1. The summed E-state index contributed by atoms with van der Waals surface area (Å²) in [6.07, 6.45) is 0. The number of nitrogens with one attached hydrogen (secondary N) is 1. The lowest BCUT2D eigenvalue weighted by Gasteiger charge is -2.17. The molecule has 3 aromatic carbocycles. The van der Waals surface area contributed by atoms with E-state index >= 15 is 0 Å². The fourth-order valence-corrected chi connectivity index (χ4v) is 3.13. The highest BCUT2D eigenvalue weighted by Gasteiger charge is 2.16. The predicted molar refractivity (Wildman–Crippen MR) is 109 cm³/mol. The number of H-pyrrole nitrogens is 1. The number of para-hydroxylation sites is 2. The number of carbonyl (C=O) groups is 1. The Balaban J connectivity index is 1.80. The molecule has 1 aromatic heterocycles. The van der Waals surface area contributed by atoms with E-state index in [1.807, 2.05) is 36.4 Å². The van der Waals surface area contributed by atoms with Crippen molar-refractivity contribution in [3.05, 3.63) is 105 Å². The lowest BCUT2D eigenvalue weighted by molar-refractivity contribution is 0.0993. The molecule has 0 aliphatic heterocycles. The maximum absolute atomic E-state index is 12.8. The van der Waals surface area contributed by atoms with Crippen LogP contribution in [0.1, 0.15) is 10.4 Å². The van der Waals surface area contributed by atoms with Crippen LogP contribution in [0, 0.1) is 0 Å². The maximum Gasteiger partial charge on any atom is 0.333 e. The topological polar surface area (TPSA) is 75.2 Å². The van der Waals surface area contributed by atoms with Crippen molar-refractivity contribution < 1.29 is 4.79 Å². The van der Waals surface area contributed by atoms with Gasteiger partial charge in [0.25, 0.3) is 11.5 Å². The standard InChI is InChI=1S/C22H17N3O3/c1-24(16-8-4-2-5-9-16)20(26)15-12-13-18-19(14-15)23-22(28)25(21(18)27)17-10-6-3-7-11-17/h2-14H,1H3,(H,23,28). The molecule has 4 rings (SSSR count). The largest absolute Gasteiger partial charge is 0.333 e. The van der Waals surface area contributed by atoms with Gasteiger partial charge in [0.15, 0.2) is 0 Å². The third-order valence-corrected chi connectivity index (χ3v) is 4.61. The third-order valence-electron chi connectivity index (χ3n) is 4.61. The molecule has 28 heavy (non-hydrogen) atoms. The van der Waals surface area contributed by atoms with Gasteiger partial charge in [-0.05, 0) is 42.5 Å². The Kier molecular flexibility index (Phi) is 4.37. The van der Waals surface area contributed by atoms with Gasteiger partial charge in [0.2, 0.25) is 0 Å². The van der Waals surface area contributed by atoms with Crippen LogP contribution >= 0.6 is 0 Å². The van der Waals surface area contributed by atoms with E-state index in [0.29, 0.717) is 22.2 Å². The molecule has 1 amide bonds. The fraction of sp³-hybridized carbons (Fsp3) is 0.0455. The van der Waals surface area contributed by atoms with Gasteiger partial charge < -0.3 is 9.88 Å². The van der Waals surface area contributed by atoms with E-state index in [0.717, 1.165) is 10.3 Å². The molecule has 138 valence electrons. The molecule has 0 spiro atoms. The molecule has 0 saturated heterocycles. The van der Waals surface area contributed by atoms with Crippen LogP contribution in [0.3, 0.4) is 0 Å². The highest BCUT2D eigenvalue weighted by molar-refractivity contribution is 6.07. The number of hydrogen-bond acceptors (Lipinski definition) is 3. The van der Waals surface area contributed by atoms with Crippen molar-refractivity contribution in [2.75, 3.05) is 11.9 Å². The second kappa shape index (κ2) is 7.00. The van der Waals surface area contributed by atoms with Gasteiger partial charge in [-0.25, -0.2) is 9.36 Å². The van der Waals surface area contributed by atoms with Crippen molar-refractivity contribution >= 4 is 22.5 Å². The van der Waals surface area contributed by atoms with E-state index in [1.165, 1.54) is 11.0 Å². The van der Waals surface area contributed by atoms with Gasteiger partial charge in [-0.2, -0.15) is 0 Å². The van der Waals surface area contributed by atoms with Gasteiger partial charge in [0.05, 0.1) is 16.6 Å². The summed E-state index contributed by atoms with van der Waals surface area (Å²) in [5.74, 6) is -0.235. The minimum Gasteiger partial charge on any atom is -0.311 e. The monoisotopic (exact) mass is 371 g/mol. The quantitative estimate of drug-likeness (QED) is 0.602. The first-order valence-electron chi connectivity index (χ1n) is 8.74. The number of rotatable bonds is 3. The molecule has 0 aliphatic carbocycles. The van der Waals surface area contributed by atoms with E-state index in [9.17, 15) is 14.4 Å². The third kappa shape index (κ3) is 3.01. The van der Waals surface area contributed by atoms with Crippen molar-refractivity contribution in [1.82, 2.24) is 9.55 Å². The van der Waals surface area contributed by atoms with Crippen molar-refractivity contribution in [1.29, 1.82) is 0 Å². The van der Waals surface area contributed by atoms with Crippen molar-refractivity contribution in [2.45, 2.75) is 0 Å². The van der Waals surface area contributed by atoms with Gasteiger partial charge in [-0.1, -0.05) is 36.4 Å². The number of anilines is 1. The molecule has 6 nitrogen and oxygen atoms in total. The summed E-state index contributed by atoms with van der Waals surface area (Å²) >= 11 is 0. The molecule has 0 aliphatic rings. The zero-order valence-electron chi connectivity index (χ0n) is 15.1. The Morgan fingerprint density at radius 2 is 1.54 bits per heavy atom. The summed E-state index contributed by atoms with van der Waals surface area (Å²) in [4.78, 5) is 42.4. The zero-order chi connectivity index (χ0) is 19.7. The smallest absolute Gasteiger partial charge is 0.311 e. The summed E-state index contributed by atoms with van der Waals surface area (Å²) < 4.78 is 1.08.